The minimum atomic E-state index is 0.109. The fourth-order valence-electron chi connectivity index (χ4n) is 2.42. The summed E-state index contributed by atoms with van der Waals surface area (Å²) in [4.78, 5) is 13.1. The summed E-state index contributed by atoms with van der Waals surface area (Å²) in [6.07, 6.45) is 5.46. The number of thioether (sulfide) groups is 1. The molecule has 2 aromatic heterocycles. The Morgan fingerprint density at radius 2 is 2.23 bits per heavy atom. The molecule has 1 N–H and O–H groups in total. The monoisotopic (exact) mass is 334 g/mol. The van der Waals surface area contributed by atoms with Gasteiger partial charge >= 0.3 is 0 Å². The molecule has 2 aliphatic carbocycles. The zero-order valence-electron chi connectivity index (χ0n) is 12.2. The van der Waals surface area contributed by atoms with Crippen LogP contribution >= 0.6 is 23.1 Å². The van der Waals surface area contributed by atoms with Crippen molar-refractivity contribution in [3.63, 3.8) is 0 Å². The van der Waals surface area contributed by atoms with Crippen LogP contribution in [-0.2, 0) is 11.2 Å². The molecule has 2 aromatic rings. The second kappa shape index (κ2) is 6.04. The molecule has 0 aliphatic heterocycles. The number of aromatic nitrogens is 3. The maximum atomic E-state index is 11.8. The number of carbonyl (C=O) groups is 1. The van der Waals surface area contributed by atoms with Gasteiger partial charge in [0.05, 0.1) is 5.75 Å². The van der Waals surface area contributed by atoms with E-state index in [4.69, 9.17) is 0 Å². The van der Waals surface area contributed by atoms with Gasteiger partial charge in [0.2, 0.25) is 5.91 Å². The Labute approximate surface area is 137 Å². The second-order valence-electron chi connectivity index (χ2n) is 5.89. The Morgan fingerprint density at radius 1 is 1.36 bits per heavy atom. The molecule has 2 heterocycles. The third-order valence-electron chi connectivity index (χ3n) is 3.83. The van der Waals surface area contributed by atoms with E-state index in [1.165, 1.54) is 29.5 Å². The van der Waals surface area contributed by atoms with Gasteiger partial charge in [0.15, 0.2) is 5.16 Å². The van der Waals surface area contributed by atoms with Gasteiger partial charge in [0, 0.05) is 23.4 Å². The number of thiophene rings is 1. The van der Waals surface area contributed by atoms with Gasteiger partial charge in [0.25, 0.3) is 0 Å². The van der Waals surface area contributed by atoms with Crippen LogP contribution in [0, 0.1) is 0 Å². The van der Waals surface area contributed by atoms with E-state index >= 15 is 0 Å². The van der Waals surface area contributed by atoms with Crippen molar-refractivity contribution >= 4 is 29.0 Å². The van der Waals surface area contributed by atoms with Crippen molar-refractivity contribution in [1.29, 1.82) is 0 Å². The molecule has 116 valence electrons. The summed E-state index contributed by atoms with van der Waals surface area (Å²) in [5.74, 6) is 1.56. The third kappa shape index (κ3) is 3.35. The number of hydrogen-bond donors (Lipinski definition) is 1. The molecular formula is C15H18N4OS2. The van der Waals surface area contributed by atoms with E-state index in [1.807, 2.05) is 0 Å². The van der Waals surface area contributed by atoms with Crippen molar-refractivity contribution < 1.29 is 4.79 Å². The number of rotatable bonds is 7. The lowest BCUT2D eigenvalue weighted by molar-refractivity contribution is -0.118. The van der Waals surface area contributed by atoms with Crippen LogP contribution in [-0.4, -0.2) is 32.5 Å². The van der Waals surface area contributed by atoms with Crippen molar-refractivity contribution in [1.82, 2.24) is 20.1 Å². The molecule has 0 spiro atoms. The molecule has 2 fully saturated rings. The number of nitrogens with zero attached hydrogens (tertiary/aromatic N) is 3. The molecule has 0 radical (unpaired) electrons. The summed E-state index contributed by atoms with van der Waals surface area (Å²) in [6.45, 7) is 0. The zero-order chi connectivity index (χ0) is 14.9. The smallest absolute Gasteiger partial charge is 0.230 e. The zero-order valence-corrected chi connectivity index (χ0v) is 13.8. The predicted molar refractivity (Wildman–Crippen MR) is 87.3 cm³/mol. The molecule has 0 bridgehead atoms. The minimum absolute atomic E-state index is 0.109. The SMILES string of the molecule is O=C(CSc1nnc(Cc2cccs2)n1C1CC1)NC1CC1. The summed E-state index contributed by atoms with van der Waals surface area (Å²) >= 11 is 3.26. The van der Waals surface area contributed by atoms with Crippen LogP contribution in [0.25, 0.3) is 0 Å². The first-order chi connectivity index (χ1) is 10.8. The second-order valence-corrected chi connectivity index (χ2v) is 7.86. The van der Waals surface area contributed by atoms with Crippen molar-refractivity contribution in [3.8, 4) is 0 Å². The van der Waals surface area contributed by atoms with Gasteiger partial charge in [-0.1, -0.05) is 17.8 Å². The molecule has 22 heavy (non-hydrogen) atoms. The average Bonchev–Trinajstić information content (AvgIpc) is 3.42. The standard InChI is InChI=1S/C15H18N4OS2/c20-14(16-10-3-4-10)9-22-15-18-17-13(19(15)11-5-6-11)8-12-2-1-7-21-12/h1-2,7,10-11H,3-6,8-9H2,(H,16,20). The Morgan fingerprint density at radius 3 is 2.91 bits per heavy atom. The van der Waals surface area contributed by atoms with Gasteiger partial charge in [-0.25, -0.2) is 0 Å². The molecule has 5 nitrogen and oxygen atoms in total. The number of carbonyl (C=O) groups excluding carboxylic acids is 1. The Balaban J connectivity index is 1.44. The fourth-order valence-corrected chi connectivity index (χ4v) is 3.96. The van der Waals surface area contributed by atoms with Crippen molar-refractivity contribution in [2.24, 2.45) is 0 Å². The van der Waals surface area contributed by atoms with Gasteiger partial charge in [-0.05, 0) is 37.1 Å². The summed E-state index contributed by atoms with van der Waals surface area (Å²) in [5, 5.41) is 14.7. The van der Waals surface area contributed by atoms with Crippen LogP contribution < -0.4 is 5.32 Å². The molecule has 1 amide bonds. The molecule has 2 aliphatic rings. The van der Waals surface area contributed by atoms with Crippen molar-refractivity contribution in [2.75, 3.05) is 5.75 Å². The van der Waals surface area contributed by atoms with Gasteiger partial charge in [-0.3, -0.25) is 4.79 Å². The van der Waals surface area contributed by atoms with E-state index < -0.39 is 0 Å². The molecule has 0 unspecified atom stereocenters. The largest absolute Gasteiger partial charge is 0.353 e. The highest BCUT2D eigenvalue weighted by Gasteiger charge is 2.30. The Bertz CT molecular complexity index is 659. The Kier molecular flexibility index (Phi) is 3.92. The van der Waals surface area contributed by atoms with Crippen LogP contribution in [0.15, 0.2) is 22.7 Å². The van der Waals surface area contributed by atoms with Crippen LogP contribution in [0.4, 0.5) is 0 Å². The lowest BCUT2D eigenvalue weighted by atomic mass is 10.3. The molecule has 2 saturated carbocycles. The highest BCUT2D eigenvalue weighted by Crippen LogP contribution is 2.39. The van der Waals surface area contributed by atoms with Gasteiger partial charge in [-0.2, -0.15) is 0 Å². The average molecular weight is 334 g/mol. The maximum absolute atomic E-state index is 11.8. The first-order valence-corrected chi connectivity index (χ1v) is 9.54. The van der Waals surface area contributed by atoms with E-state index in [0.717, 1.165) is 30.2 Å². The van der Waals surface area contributed by atoms with Crippen LogP contribution in [0.3, 0.4) is 0 Å². The predicted octanol–water partition coefficient (Wildman–Crippen LogP) is 2.64. The van der Waals surface area contributed by atoms with Crippen molar-refractivity contribution in [3.05, 3.63) is 28.2 Å². The van der Waals surface area contributed by atoms with Crippen LogP contribution in [0.1, 0.15) is 42.4 Å². The fraction of sp³-hybridized carbons (Fsp3) is 0.533. The molecular weight excluding hydrogens is 316 g/mol. The molecule has 0 saturated heterocycles. The van der Waals surface area contributed by atoms with E-state index in [2.05, 4.69) is 37.6 Å². The topological polar surface area (TPSA) is 59.8 Å². The molecule has 4 rings (SSSR count). The van der Waals surface area contributed by atoms with E-state index in [9.17, 15) is 4.79 Å². The lowest BCUT2D eigenvalue weighted by Gasteiger charge is -2.08. The van der Waals surface area contributed by atoms with Gasteiger partial charge in [0.1, 0.15) is 5.82 Å². The van der Waals surface area contributed by atoms with E-state index in [-0.39, 0.29) is 5.91 Å². The summed E-state index contributed by atoms with van der Waals surface area (Å²) in [5.41, 5.74) is 0. The highest BCUT2D eigenvalue weighted by molar-refractivity contribution is 7.99. The Hall–Kier alpha value is -1.34. The van der Waals surface area contributed by atoms with Crippen molar-refractivity contribution in [2.45, 2.75) is 49.3 Å². The maximum Gasteiger partial charge on any atom is 0.230 e. The van der Waals surface area contributed by atoms with Gasteiger partial charge in [-0.15, -0.1) is 21.5 Å². The normalized spacial score (nSPS) is 17.6. The molecule has 0 atom stereocenters. The first-order valence-electron chi connectivity index (χ1n) is 7.68. The molecule has 7 heteroatoms. The number of hydrogen-bond acceptors (Lipinski definition) is 5. The minimum Gasteiger partial charge on any atom is -0.353 e. The summed E-state index contributed by atoms with van der Waals surface area (Å²) < 4.78 is 2.24. The van der Waals surface area contributed by atoms with E-state index in [1.54, 1.807) is 11.3 Å². The van der Waals surface area contributed by atoms with Crippen LogP contribution in [0.2, 0.25) is 0 Å². The number of amides is 1. The van der Waals surface area contributed by atoms with Crippen LogP contribution in [0.5, 0.6) is 0 Å². The lowest BCUT2D eigenvalue weighted by Crippen LogP contribution is -2.27. The number of nitrogens with one attached hydrogen (secondary N) is 1. The molecule has 0 aromatic carbocycles. The summed E-state index contributed by atoms with van der Waals surface area (Å²) in [7, 11) is 0. The highest BCUT2D eigenvalue weighted by atomic mass is 32.2. The summed E-state index contributed by atoms with van der Waals surface area (Å²) in [6, 6.07) is 5.14. The van der Waals surface area contributed by atoms with E-state index in [0.29, 0.717) is 17.8 Å². The third-order valence-corrected chi connectivity index (χ3v) is 5.65. The first kappa shape index (κ1) is 14.3. The quantitative estimate of drug-likeness (QED) is 0.791. The van der Waals surface area contributed by atoms with Gasteiger partial charge < -0.3 is 9.88 Å².